The van der Waals surface area contributed by atoms with E-state index in [1.807, 2.05) is 6.07 Å². The van der Waals surface area contributed by atoms with E-state index in [0.717, 1.165) is 12.5 Å². The Kier molecular flexibility index (Phi) is 5.77. The number of hydrogen-bond donors (Lipinski definition) is 1. The van der Waals surface area contributed by atoms with E-state index in [0.29, 0.717) is 6.61 Å². The molecule has 1 fully saturated rings. The van der Waals surface area contributed by atoms with Crippen molar-refractivity contribution in [2.45, 2.75) is 44.7 Å². The first kappa shape index (κ1) is 18.4. The van der Waals surface area contributed by atoms with Crippen molar-refractivity contribution in [1.82, 2.24) is 0 Å². The van der Waals surface area contributed by atoms with Crippen LogP contribution in [-0.4, -0.2) is 32.0 Å². The third-order valence-corrected chi connectivity index (χ3v) is 9.06. The molecule has 2 nitrogen and oxygen atoms in total. The number of ether oxygens (including phenoxy) is 1. The highest BCUT2D eigenvalue weighted by molar-refractivity contribution is 6.89. The zero-order valence-electron chi connectivity index (χ0n) is 15.6. The van der Waals surface area contributed by atoms with Gasteiger partial charge in [0.15, 0.2) is 0 Å². The molecule has 0 aromatic heterocycles. The molecule has 2 aromatic carbocycles. The molecule has 1 N–H and O–H groups in total. The molecule has 1 aliphatic rings. The zero-order chi connectivity index (χ0) is 17.9. The molecule has 2 aromatic rings. The van der Waals surface area contributed by atoms with Gasteiger partial charge >= 0.3 is 0 Å². The highest BCUT2D eigenvalue weighted by Crippen LogP contribution is 2.32. The molecule has 0 aliphatic carbocycles. The van der Waals surface area contributed by atoms with Crippen LogP contribution in [0.1, 0.15) is 12.5 Å². The van der Waals surface area contributed by atoms with Crippen molar-refractivity contribution in [2.75, 3.05) is 6.61 Å². The average molecular weight is 355 g/mol. The van der Waals surface area contributed by atoms with Gasteiger partial charge in [0.1, 0.15) is 0 Å². The standard InChI is InChI=1S/C22H30O2Si/c1-17-21(16-25(2,3)20-12-8-5-9-13-20)24-15-19(22(17)23)14-18-10-6-4-7-11-18/h4-13,17,19,21-23H,14-16H2,1-3H3/t17-,19-,21-,22+/m1/s1. The van der Waals surface area contributed by atoms with Gasteiger partial charge in [-0.05, 0) is 18.0 Å². The third kappa shape index (κ3) is 4.41. The van der Waals surface area contributed by atoms with Crippen molar-refractivity contribution in [3.63, 3.8) is 0 Å². The summed E-state index contributed by atoms with van der Waals surface area (Å²) in [6.07, 6.45) is 0.752. The molecule has 0 radical (unpaired) electrons. The van der Waals surface area contributed by atoms with E-state index in [9.17, 15) is 5.11 Å². The minimum Gasteiger partial charge on any atom is -0.392 e. The Morgan fingerprint density at radius 2 is 1.60 bits per heavy atom. The van der Waals surface area contributed by atoms with Crippen molar-refractivity contribution in [2.24, 2.45) is 11.8 Å². The summed E-state index contributed by atoms with van der Waals surface area (Å²) < 4.78 is 6.28. The summed E-state index contributed by atoms with van der Waals surface area (Å²) in [5, 5.41) is 12.3. The van der Waals surface area contributed by atoms with Gasteiger partial charge in [-0.1, -0.05) is 85.9 Å². The minimum absolute atomic E-state index is 0.156. The van der Waals surface area contributed by atoms with E-state index in [-0.39, 0.29) is 24.0 Å². The molecule has 0 amide bonds. The monoisotopic (exact) mass is 354 g/mol. The van der Waals surface area contributed by atoms with Crippen molar-refractivity contribution in [1.29, 1.82) is 0 Å². The van der Waals surface area contributed by atoms with Gasteiger partial charge in [0.25, 0.3) is 0 Å². The Hall–Kier alpha value is -1.42. The Morgan fingerprint density at radius 1 is 1.00 bits per heavy atom. The molecule has 3 rings (SSSR count). The number of benzene rings is 2. The van der Waals surface area contributed by atoms with Crippen LogP contribution < -0.4 is 5.19 Å². The first-order valence-corrected chi connectivity index (χ1v) is 12.6. The summed E-state index contributed by atoms with van der Waals surface area (Å²) >= 11 is 0. The number of aliphatic hydroxyl groups excluding tert-OH is 1. The number of hydrogen-bond acceptors (Lipinski definition) is 2. The van der Waals surface area contributed by atoms with Crippen LogP contribution in [0.3, 0.4) is 0 Å². The predicted molar refractivity (Wildman–Crippen MR) is 107 cm³/mol. The van der Waals surface area contributed by atoms with Crippen LogP contribution in [0.2, 0.25) is 19.1 Å². The topological polar surface area (TPSA) is 29.5 Å². The fraction of sp³-hybridized carbons (Fsp3) is 0.455. The van der Waals surface area contributed by atoms with Crippen molar-refractivity contribution in [3.05, 3.63) is 66.2 Å². The van der Waals surface area contributed by atoms with Gasteiger partial charge in [-0.2, -0.15) is 0 Å². The second-order valence-corrected chi connectivity index (χ2v) is 12.9. The van der Waals surface area contributed by atoms with Gasteiger partial charge in [0, 0.05) is 11.8 Å². The van der Waals surface area contributed by atoms with E-state index in [4.69, 9.17) is 4.74 Å². The van der Waals surface area contributed by atoms with Gasteiger partial charge in [-0.15, -0.1) is 0 Å². The molecule has 134 valence electrons. The van der Waals surface area contributed by atoms with Gasteiger partial charge in [-0.3, -0.25) is 0 Å². The molecular weight excluding hydrogens is 324 g/mol. The van der Waals surface area contributed by atoms with Gasteiger partial charge < -0.3 is 9.84 Å². The van der Waals surface area contributed by atoms with Gasteiger partial charge in [0.2, 0.25) is 0 Å². The molecule has 3 heteroatoms. The van der Waals surface area contributed by atoms with Crippen molar-refractivity contribution < 1.29 is 9.84 Å². The summed E-state index contributed by atoms with van der Waals surface area (Å²) in [5.41, 5.74) is 1.28. The molecule has 0 unspecified atom stereocenters. The Morgan fingerprint density at radius 3 is 2.24 bits per heavy atom. The van der Waals surface area contributed by atoms with Crippen LogP contribution in [-0.2, 0) is 11.2 Å². The molecule has 0 spiro atoms. The highest BCUT2D eigenvalue weighted by Gasteiger charge is 2.39. The van der Waals surface area contributed by atoms with Crippen molar-refractivity contribution in [3.8, 4) is 0 Å². The van der Waals surface area contributed by atoms with Crippen LogP contribution in [0.4, 0.5) is 0 Å². The molecule has 1 heterocycles. The number of rotatable bonds is 5. The molecule has 1 saturated heterocycles. The van der Waals surface area contributed by atoms with E-state index < -0.39 is 8.07 Å². The van der Waals surface area contributed by atoms with Crippen LogP contribution in [0.5, 0.6) is 0 Å². The lowest BCUT2D eigenvalue weighted by atomic mass is 9.83. The van der Waals surface area contributed by atoms with E-state index in [1.54, 1.807) is 0 Å². The average Bonchev–Trinajstić information content (AvgIpc) is 2.63. The lowest BCUT2D eigenvalue weighted by Crippen LogP contribution is -2.51. The number of aliphatic hydroxyl groups is 1. The molecule has 25 heavy (non-hydrogen) atoms. The molecular formula is C22H30O2Si. The van der Waals surface area contributed by atoms with Crippen LogP contribution in [0.25, 0.3) is 0 Å². The largest absolute Gasteiger partial charge is 0.392 e. The van der Waals surface area contributed by atoms with E-state index in [2.05, 4.69) is 74.6 Å². The lowest BCUT2D eigenvalue weighted by molar-refractivity contribution is -0.114. The van der Waals surface area contributed by atoms with E-state index >= 15 is 0 Å². The fourth-order valence-electron chi connectivity index (χ4n) is 4.00. The minimum atomic E-state index is -1.57. The first-order chi connectivity index (χ1) is 12.0. The molecule has 4 atom stereocenters. The third-order valence-electron chi connectivity index (χ3n) is 5.74. The van der Waals surface area contributed by atoms with Crippen LogP contribution in [0.15, 0.2) is 60.7 Å². The second-order valence-electron chi connectivity index (χ2n) is 8.13. The Bertz CT molecular complexity index is 656. The maximum atomic E-state index is 10.9. The zero-order valence-corrected chi connectivity index (χ0v) is 16.6. The summed E-state index contributed by atoms with van der Waals surface area (Å²) in [5.74, 6) is 0.369. The fourth-order valence-corrected chi connectivity index (χ4v) is 6.82. The Labute approximate surface area is 152 Å². The quantitative estimate of drug-likeness (QED) is 0.826. The van der Waals surface area contributed by atoms with Crippen LogP contribution >= 0.6 is 0 Å². The summed E-state index contributed by atoms with van der Waals surface area (Å²) in [6.45, 7) is 7.62. The molecule has 1 aliphatic heterocycles. The van der Waals surface area contributed by atoms with E-state index in [1.165, 1.54) is 10.8 Å². The smallest absolute Gasteiger partial charge is 0.0831 e. The normalized spacial score (nSPS) is 27.2. The Balaban J connectivity index is 1.64. The summed E-state index contributed by atoms with van der Waals surface area (Å²) in [7, 11) is -1.57. The van der Waals surface area contributed by atoms with Crippen LogP contribution in [0, 0.1) is 11.8 Å². The first-order valence-electron chi connectivity index (χ1n) is 9.36. The maximum Gasteiger partial charge on any atom is 0.0831 e. The van der Waals surface area contributed by atoms with Crippen molar-refractivity contribution >= 4 is 13.3 Å². The second kappa shape index (κ2) is 7.86. The summed E-state index contributed by atoms with van der Waals surface area (Å²) in [6, 6.07) is 22.3. The van der Waals surface area contributed by atoms with Gasteiger partial charge in [0.05, 0.1) is 26.9 Å². The maximum absolute atomic E-state index is 10.9. The molecule has 0 bridgehead atoms. The van der Waals surface area contributed by atoms with Gasteiger partial charge in [-0.25, -0.2) is 0 Å². The SMILES string of the molecule is C[C@H]1[C@H](O)[C@H](Cc2ccccc2)CO[C@@H]1C[Si](C)(C)c1ccccc1. The summed E-state index contributed by atoms with van der Waals surface area (Å²) in [4.78, 5) is 0. The highest BCUT2D eigenvalue weighted by atomic mass is 28.3. The predicted octanol–water partition coefficient (Wildman–Crippen LogP) is 3.86. The lowest BCUT2D eigenvalue weighted by Gasteiger charge is -2.41. The molecule has 0 saturated carbocycles.